The summed E-state index contributed by atoms with van der Waals surface area (Å²) in [4.78, 5) is 0.262. The van der Waals surface area contributed by atoms with E-state index in [-0.39, 0.29) is 11.7 Å². The van der Waals surface area contributed by atoms with Crippen LogP contribution in [0.2, 0.25) is 0 Å². The van der Waals surface area contributed by atoms with Gasteiger partial charge in [-0.3, -0.25) is 4.72 Å². The first-order valence-electron chi connectivity index (χ1n) is 7.40. The molecule has 24 heavy (non-hydrogen) atoms. The molecule has 0 aromatic heterocycles. The number of hydrogen-bond donors (Lipinski definition) is 1. The molecule has 0 radical (unpaired) electrons. The molecule has 0 fully saturated rings. The SMILES string of the molecule is COc1cc(C)c(S(=O)(=O)Nc2ccc3c(c2)OCO3)c(C)c1C. The number of sulfonamides is 1. The fourth-order valence-electron chi connectivity index (χ4n) is 2.81. The lowest BCUT2D eigenvalue weighted by molar-refractivity contribution is 0.174. The Kier molecular flexibility index (Phi) is 4.04. The number of fused-ring (bicyclic) bond motifs is 1. The summed E-state index contributed by atoms with van der Waals surface area (Å²) in [5.41, 5.74) is 2.52. The predicted molar refractivity (Wildman–Crippen MR) is 90.6 cm³/mol. The van der Waals surface area contributed by atoms with Gasteiger partial charge in [-0.2, -0.15) is 0 Å². The summed E-state index contributed by atoms with van der Waals surface area (Å²) in [5.74, 6) is 1.80. The Labute approximate surface area is 141 Å². The zero-order valence-electron chi connectivity index (χ0n) is 14.0. The fraction of sp³-hybridized carbons (Fsp3) is 0.294. The van der Waals surface area contributed by atoms with Crippen molar-refractivity contribution in [3.63, 3.8) is 0 Å². The molecule has 0 amide bonds. The summed E-state index contributed by atoms with van der Waals surface area (Å²) >= 11 is 0. The monoisotopic (exact) mass is 349 g/mol. The number of aryl methyl sites for hydroxylation is 1. The highest BCUT2D eigenvalue weighted by Gasteiger charge is 2.24. The molecule has 2 aromatic rings. The molecule has 2 aromatic carbocycles. The molecule has 0 saturated carbocycles. The van der Waals surface area contributed by atoms with E-state index in [1.807, 2.05) is 6.92 Å². The second kappa shape index (κ2) is 5.90. The fourth-order valence-corrected chi connectivity index (χ4v) is 4.39. The molecule has 0 spiro atoms. The van der Waals surface area contributed by atoms with Crippen LogP contribution in [0.15, 0.2) is 29.2 Å². The standard InChI is InChI=1S/C17H19NO5S/c1-10-7-15(21-4)11(2)12(3)17(10)24(19,20)18-13-5-6-14-16(8-13)23-9-22-14/h5-8,18H,9H2,1-4H3. The van der Waals surface area contributed by atoms with Crippen molar-refractivity contribution in [1.29, 1.82) is 0 Å². The normalized spacial score (nSPS) is 13.0. The van der Waals surface area contributed by atoms with Crippen LogP contribution in [0.3, 0.4) is 0 Å². The summed E-state index contributed by atoms with van der Waals surface area (Å²) in [6, 6.07) is 6.67. The van der Waals surface area contributed by atoms with Crippen LogP contribution in [-0.4, -0.2) is 22.3 Å². The van der Waals surface area contributed by atoms with Gasteiger partial charge in [-0.25, -0.2) is 8.42 Å². The highest BCUT2D eigenvalue weighted by molar-refractivity contribution is 7.92. The molecule has 0 aliphatic carbocycles. The van der Waals surface area contributed by atoms with Crippen LogP contribution in [0.25, 0.3) is 0 Å². The summed E-state index contributed by atoms with van der Waals surface area (Å²) < 4.78 is 44.2. The van der Waals surface area contributed by atoms with Crippen LogP contribution < -0.4 is 18.9 Å². The Balaban J connectivity index is 2.01. The topological polar surface area (TPSA) is 73.9 Å². The molecule has 0 unspecified atom stereocenters. The maximum absolute atomic E-state index is 12.9. The number of benzene rings is 2. The highest BCUT2D eigenvalue weighted by atomic mass is 32.2. The van der Waals surface area contributed by atoms with Gasteiger partial charge >= 0.3 is 0 Å². The van der Waals surface area contributed by atoms with Crippen molar-refractivity contribution in [1.82, 2.24) is 0 Å². The summed E-state index contributed by atoms with van der Waals surface area (Å²) in [6.07, 6.45) is 0. The van der Waals surface area contributed by atoms with E-state index in [1.165, 1.54) is 0 Å². The van der Waals surface area contributed by atoms with Crippen LogP contribution >= 0.6 is 0 Å². The van der Waals surface area contributed by atoms with Crippen LogP contribution in [0.5, 0.6) is 17.2 Å². The van der Waals surface area contributed by atoms with E-state index < -0.39 is 10.0 Å². The van der Waals surface area contributed by atoms with Gasteiger partial charge in [-0.05, 0) is 55.7 Å². The molecule has 6 nitrogen and oxygen atoms in total. The first-order chi connectivity index (χ1) is 11.3. The molecule has 1 N–H and O–H groups in total. The highest BCUT2D eigenvalue weighted by Crippen LogP contribution is 2.36. The second-order valence-electron chi connectivity index (χ2n) is 5.65. The minimum Gasteiger partial charge on any atom is -0.496 e. The van der Waals surface area contributed by atoms with Crippen molar-refractivity contribution < 1.29 is 22.6 Å². The van der Waals surface area contributed by atoms with Crippen molar-refractivity contribution in [3.8, 4) is 17.2 Å². The minimum absolute atomic E-state index is 0.140. The Morgan fingerprint density at radius 3 is 2.46 bits per heavy atom. The van der Waals surface area contributed by atoms with E-state index in [4.69, 9.17) is 14.2 Å². The van der Waals surface area contributed by atoms with Gasteiger partial charge in [-0.15, -0.1) is 0 Å². The molecule has 7 heteroatoms. The maximum Gasteiger partial charge on any atom is 0.262 e. The average Bonchev–Trinajstić information content (AvgIpc) is 2.97. The lowest BCUT2D eigenvalue weighted by atomic mass is 10.1. The van der Waals surface area contributed by atoms with Crippen molar-refractivity contribution in [2.24, 2.45) is 0 Å². The summed E-state index contributed by atoms with van der Waals surface area (Å²) in [7, 11) is -2.17. The molecule has 0 saturated heterocycles. The minimum atomic E-state index is -3.74. The maximum atomic E-state index is 12.9. The van der Waals surface area contributed by atoms with Gasteiger partial charge in [0, 0.05) is 6.07 Å². The van der Waals surface area contributed by atoms with Gasteiger partial charge in [0.1, 0.15) is 5.75 Å². The Morgan fingerprint density at radius 2 is 1.75 bits per heavy atom. The molecular formula is C17H19NO5S. The first-order valence-corrected chi connectivity index (χ1v) is 8.89. The zero-order valence-corrected chi connectivity index (χ0v) is 14.8. The largest absolute Gasteiger partial charge is 0.496 e. The van der Waals surface area contributed by atoms with Crippen molar-refractivity contribution in [2.45, 2.75) is 25.7 Å². The lowest BCUT2D eigenvalue weighted by Crippen LogP contribution is -2.16. The summed E-state index contributed by atoms with van der Waals surface area (Å²) in [5, 5.41) is 0. The van der Waals surface area contributed by atoms with Crippen LogP contribution in [0.1, 0.15) is 16.7 Å². The van der Waals surface area contributed by atoms with Crippen molar-refractivity contribution in [3.05, 3.63) is 41.0 Å². The quantitative estimate of drug-likeness (QED) is 0.918. The van der Waals surface area contributed by atoms with Crippen molar-refractivity contribution in [2.75, 3.05) is 18.6 Å². The van der Waals surface area contributed by atoms with Gasteiger partial charge in [0.15, 0.2) is 11.5 Å². The molecule has 128 valence electrons. The number of methoxy groups -OCH3 is 1. The van der Waals surface area contributed by atoms with E-state index in [2.05, 4.69) is 4.72 Å². The van der Waals surface area contributed by atoms with E-state index in [1.54, 1.807) is 45.2 Å². The molecule has 1 heterocycles. The van der Waals surface area contributed by atoms with Gasteiger partial charge in [0.05, 0.1) is 17.7 Å². The van der Waals surface area contributed by atoms with E-state index in [9.17, 15) is 8.42 Å². The van der Waals surface area contributed by atoms with Gasteiger partial charge in [-0.1, -0.05) is 0 Å². The second-order valence-corrected chi connectivity index (χ2v) is 7.27. The smallest absolute Gasteiger partial charge is 0.262 e. The Bertz CT molecular complexity index is 906. The summed E-state index contributed by atoms with van der Waals surface area (Å²) in [6.45, 7) is 5.51. The van der Waals surface area contributed by atoms with Crippen LogP contribution in [-0.2, 0) is 10.0 Å². The Morgan fingerprint density at radius 1 is 1.04 bits per heavy atom. The Hall–Kier alpha value is -2.41. The third-order valence-electron chi connectivity index (χ3n) is 4.09. The van der Waals surface area contributed by atoms with Crippen molar-refractivity contribution >= 4 is 15.7 Å². The average molecular weight is 349 g/mol. The van der Waals surface area contributed by atoms with Crippen LogP contribution in [0.4, 0.5) is 5.69 Å². The van der Waals surface area contributed by atoms with E-state index >= 15 is 0 Å². The van der Waals surface area contributed by atoms with Gasteiger partial charge in [0.2, 0.25) is 6.79 Å². The number of ether oxygens (including phenoxy) is 3. The molecule has 3 rings (SSSR count). The van der Waals surface area contributed by atoms with Gasteiger partial charge in [0.25, 0.3) is 10.0 Å². The van der Waals surface area contributed by atoms with E-state index in [0.29, 0.717) is 34.1 Å². The van der Waals surface area contributed by atoms with Gasteiger partial charge < -0.3 is 14.2 Å². The number of rotatable bonds is 4. The lowest BCUT2D eigenvalue weighted by Gasteiger charge is -2.17. The third-order valence-corrected chi connectivity index (χ3v) is 5.76. The number of anilines is 1. The zero-order chi connectivity index (χ0) is 17.5. The molecule has 1 aliphatic rings. The molecule has 0 bridgehead atoms. The molecule has 0 atom stereocenters. The predicted octanol–water partition coefficient (Wildman–Crippen LogP) is 3.15. The molecule has 1 aliphatic heterocycles. The first kappa shape index (κ1) is 16.4. The number of hydrogen-bond acceptors (Lipinski definition) is 5. The molecular weight excluding hydrogens is 330 g/mol. The van der Waals surface area contributed by atoms with E-state index in [0.717, 1.165) is 5.56 Å². The third kappa shape index (κ3) is 2.75. The van der Waals surface area contributed by atoms with Crippen LogP contribution in [0, 0.1) is 20.8 Å². The number of nitrogens with one attached hydrogen (secondary N) is 1.